The van der Waals surface area contributed by atoms with Crippen LogP contribution in [0.2, 0.25) is 0 Å². The molecule has 110 valence electrons. The number of ether oxygens (including phenoxy) is 2. The SMILES string of the molecule is CNC(=O)N(N)c1ccc(F)cc1OCC1(C)COC1. The molecule has 0 spiro atoms. The highest BCUT2D eigenvalue weighted by Gasteiger charge is 2.34. The molecule has 1 aliphatic rings. The van der Waals surface area contributed by atoms with Crippen molar-refractivity contribution < 1.29 is 18.7 Å². The van der Waals surface area contributed by atoms with Crippen molar-refractivity contribution in [3.63, 3.8) is 0 Å². The van der Waals surface area contributed by atoms with Crippen LogP contribution in [-0.4, -0.2) is 32.9 Å². The summed E-state index contributed by atoms with van der Waals surface area (Å²) in [5, 5.41) is 3.28. The van der Waals surface area contributed by atoms with E-state index in [-0.39, 0.29) is 11.2 Å². The summed E-state index contributed by atoms with van der Waals surface area (Å²) >= 11 is 0. The lowest BCUT2D eigenvalue weighted by Crippen LogP contribution is -2.45. The number of hydrogen-bond donors (Lipinski definition) is 2. The predicted octanol–water partition coefficient (Wildman–Crippen LogP) is 1.26. The Morgan fingerprint density at radius 2 is 2.30 bits per heavy atom. The zero-order chi connectivity index (χ0) is 14.8. The van der Waals surface area contributed by atoms with E-state index in [9.17, 15) is 9.18 Å². The van der Waals surface area contributed by atoms with Gasteiger partial charge in [-0.1, -0.05) is 6.92 Å². The maximum absolute atomic E-state index is 13.3. The first kappa shape index (κ1) is 14.5. The van der Waals surface area contributed by atoms with E-state index in [1.807, 2.05) is 6.92 Å². The molecule has 0 bridgehead atoms. The molecule has 3 N–H and O–H groups in total. The van der Waals surface area contributed by atoms with E-state index in [1.165, 1.54) is 25.2 Å². The Bertz CT molecular complexity index is 506. The Labute approximate surface area is 116 Å². The molecule has 0 aliphatic carbocycles. The van der Waals surface area contributed by atoms with Crippen LogP contribution in [0, 0.1) is 11.2 Å². The first-order valence-electron chi connectivity index (χ1n) is 6.22. The topological polar surface area (TPSA) is 76.8 Å². The molecule has 7 heteroatoms. The molecule has 2 amide bonds. The summed E-state index contributed by atoms with van der Waals surface area (Å²) in [5.74, 6) is 5.45. The number of nitrogens with two attached hydrogens (primary N) is 1. The van der Waals surface area contributed by atoms with Gasteiger partial charge in [0.2, 0.25) is 0 Å². The summed E-state index contributed by atoms with van der Waals surface area (Å²) in [7, 11) is 1.46. The Morgan fingerprint density at radius 1 is 1.60 bits per heavy atom. The fraction of sp³-hybridized carbons (Fsp3) is 0.462. The molecule has 1 saturated heterocycles. The molecule has 1 aromatic carbocycles. The highest BCUT2D eigenvalue weighted by molar-refractivity contribution is 5.92. The van der Waals surface area contributed by atoms with Crippen molar-refractivity contribution in [1.29, 1.82) is 0 Å². The highest BCUT2D eigenvalue weighted by atomic mass is 19.1. The molecule has 6 nitrogen and oxygen atoms in total. The van der Waals surface area contributed by atoms with Gasteiger partial charge in [0.1, 0.15) is 17.3 Å². The molecular weight excluding hydrogens is 265 g/mol. The first-order valence-corrected chi connectivity index (χ1v) is 6.22. The van der Waals surface area contributed by atoms with Crippen LogP contribution in [-0.2, 0) is 4.74 Å². The van der Waals surface area contributed by atoms with Crippen molar-refractivity contribution in [3.8, 4) is 5.75 Å². The number of carbonyl (C=O) groups excluding carboxylic acids is 1. The number of nitrogens with one attached hydrogen (secondary N) is 1. The highest BCUT2D eigenvalue weighted by Crippen LogP contribution is 2.32. The minimum atomic E-state index is -0.514. The van der Waals surface area contributed by atoms with E-state index >= 15 is 0 Å². The van der Waals surface area contributed by atoms with Crippen molar-refractivity contribution in [1.82, 2.24) is 5.32 Å². The van der Waals surface area contributed by atoms with E-state index < -0.39 is 11.8 Å². The van der Waals surface area contributed by atoms with Crippen molar-refractivity contribution in [2.75, 3.05) is 31.9 Å². The van der Waals surface area contributed by atoms with Gasteiger partial charge in [-0.05, 0) is 12.1 Å². The fourth-order valence-electron chi connectivity index (χ4n) is 1.82. The molecule has 0 unspecified atom stereocenters. The number of rotatable bonds is 4. The van der Waals surface area contributed by atoms with Crippen molar-refractivity contribution in [2.45, 2.75) is 6.92 Å². The van der Waals surface area contributed by atoms with Gasteiger partial charge in [0.05, 0.1) is 19.8 Å². The van der Waals surface area contributed by atoms with Crippen LogP contribution in [0.15, 0.2) is 18.2 Å². The van der Waals surface area contributed by atoms with Gasteiger partial charge < -0.3 is 14.8 Å². The normalized spacial score (nSPS) is 16.2. The van der Waals surface area contributed by atoms with Gasteiger partial charge >= 0.3 is 6.03 Å². The lowest BCUT2D eigenvalue weighted by Gasteiger charge is -2.37. The molecule has 0 saturated carbocycles. The molecule has 0 radical (unpaired) electrons. The molecule has 0 aromatic heterocycles. The van der Waals surface area contributed by atoms with Crippen LogP contribution >= 0.6 is 0 Å². The van der Waals surface area contributed by atoms with Crippen molar-refractivity contribution >= 4 is 11.7 Å². The second-order valence-electron chi connectivity index (χ2n) is 5.13. The van der Waals surface area contributed by atoms with Crippen molar-refractivity contribution in [3.05, 3.63) is 24.0 Å². The number of urea groups is 1. The van der Waals surface area contributed by atoms with Crippen LogP contribution in [0.1, 0.15) is 6.92 Å². The number of carbonyl (C=O) groups is 1. The zero-order valence-electron chi connectivity index (χ0n) is 11.5. The molecule has 2 rings (SSSR count). The third-order valence-corrected chi connectivity index (χ3v) is 3.09. The Kier molecular flexibility index (Phi) is 4.10. The number of amides is 2. The fourth-order valence-corrected chi connectivity index (χ4v) is 1.82. The van der Waals surface area contributed by atoms with Gasteiger partial charge in [-0.25, -0.2) is 20.0 Å². The Hall–Kier alpha value is -1.86. The maximum atomic E-state index is 13.3. The van der Waals surface area contributed by atoms with Gasteiger partial charge in [0.15, 0.2) is 0 Å². The minimum Gasteiger partial charge on any atom is -0.490 e. The zero-order valence-corrected chi connectivity index (χ0v) is 11.5. The predicted molar refractivity (Wildman–Crippen MR) is 71.9 cm³/mol. The largest absolute Gasteiger partial charge is 0.490 e. The van der Waals surface area contributed by atoms with E-state index in [1.54, 1.807) is 0 Å². The summed E-state index contributed by atoms with van der Waals surface area (Å²) < 4.78 is 24.1. The minimum absolute atomic E-state index is 0.0873. The Balaban J connectivity index is 2.17. The average molecular weight is 283 g/mol. The van der Waals surface area contributed by atoms with E-state index in [2.05, 4.69) is 5.32 Å². The summed E-state index contributed by atoms with van der Waals surface area (Å²) in [6.07, 6.45) is 0. The number of hydrogen-bond acceptors (Lipinski definition) is 4. The molecule has 1 fully saturated rings. The molecular formula is C13H18FN3O3. The van der Waals surface area contributed by atoms with E-state index in [0.29, 0.717) is 25.5 Å². The quantitative estimate of drug-likeness (QED) is 0.495. The summed E-state index contributed by atoms with van der Waals surface area (Å²) in [5.41, 5.74) is 0.213. The number of nitrogens with zero attached hydrogens (tertiary/aromatic N) is 1. The average Bonchev–Trinajstić information content (AvgIpc) is 2.41. The molecule has 1 aromatic rings. The third-order valence-electron chi connectivity index (χ3n) is 3.09. The summed E-state index contributed by atoms with van der Waals surface area (Å²) in [4.78, 5) is 11.5. The lowest BCUT2D eigenvalue weighted by molar-refractivity contribution is -0.120. The third kappa shape index (κ3) is 3.00. The van der Waals surface area contributed by atoms with Gasteiger partial charge in [-0.3, -0.25) is 0 Å². The molecule has 0 atom stereocenters. The second-order valence-corrected chi connectivity index (χ2v) is 5.13. The van der Waals surface area contributed by atoms with Crippen LogP contribution < -0.4 is 20.9 Å². The van der Waals surface area contributed by atoms with Crippen LogP contribution in [0.4, 0.5) is 14.9 Å². The monoisotopic (exact) mass is 283 g/mol. The number of benzene rings is 1. The van der Waals surface area contributed by atoms with Crippen LogP contribution in [0.25, 0.3) is 0 Å². The Morgan fingerprint density at radius 3 is 2.85 bits per heavy atom. The number of anilines is 1. The summed E-state index contributed by atoms with van der Waals surface area (Å²) in [6.45, 7) is 3.57. The number of hydrazine groups is 1. The van der Waals surface area contributed by atoms with Gasteiger partial charge in [0.25, 0.3) is 0 Å². The number of halogens is 1. The van der Waals surface area contributed by atoms with Gasteiger partial charge in [-0.2, -0.15) is 0 Å². The standard InChI is InChI=1S/C13H18FN3O3/c1-13(6-19-7-13)8-20-11-5-9(14)3-4-10(11)17(15)12(18)16-2/h3-5H,6-8,15H2,1-2H3,(H,16,18). The van der Waals surface area contributed by atoms with E-state index in [4.69, 9.17) is 15.3 Å². The van der Waals surface area contributed by atoms with E-state index in [0.717, 1.165) is 5.01 Å². The lowest BCUT2D eigenvalue weighted by atomic mass is 9.90. The smallest absolute Gasteiger partial charge is 0.336 e. The summed E-state index contributed by atoms with van der Waals surface area (Å²) in [6, 6.07) is 3.32. The maximum Gasteiger partial charge on any atom is 0.336 e. The van der Waals surface area contributed by atoms with Gasteiger partial charge in [-0.15, -0.1) is 0 Å². The van der Waals surface area contributed by atoms with Crippen LogP contribution in [0.3, 0.4) is 0 Å². The molecule has 1 heterocycles. The molecule has 1 aliphatic heterocycles. The molecule has 20 heavy (non-hydrogen) atoms. The first-order chi connectivity index (χ1) is 9.45. The second kappa shape index (κ2) is 5.64. The van der Waals surface area contributed by atoms with Crippen molar-refractivity contribution in [2.24, 2.45) is 11.3 Å². The van der Waals surface area contributed by atoms with Gasteiger partial charge in [0, 0.05) is 18.5 Å². The van der Waals surface area contributed by atoms with Crippen LogP contribution in [0.5, 0.6) is 5.75 Å².